The van der Waals surface area contributed by atoms with Gasteiger partial charge >= 0.3 is 5.97 Å². The molecular weight excluding hydrogens is 516 g/mol. The maximum Gasteiger partial charge on any atom is 0.303 e. The van der Waals surface area contributed by atoms with Gasteiger partial charge in [0, 0.05) is 51.9 Å². The number of aliphatic hydroxyl groups is 2. The molecule has 0 saturated carbocycles. The number of nitrogens with zero attached hydrogens (tertiary/aromatic N) is 2. The minimum absolute atomic E-state index is 0.0130. The van der Waals surface area contributed by atoms with Crippen molar-refractivity contribution >= 4 is 51.1 Å². The second kappa shape index (κ2) is 9.73. The number of H-pyrrole nitrogens is 2. The number of hydrogen-bond donors (Lipinski definition) is 5. The maximum absolute atomic E-state index is 11.6. The number of nitrogens with one attached hydrogen (secondary N) is 2. The van der Waals surface area contributed by atoms with E-state index in [4.69, 9.17) is 9.97 Å². The molecule has 2 aromatic heterocycles. The van der Waals surface area contributed by atoms with Crippen LogP contribution in [0.25, 0.3) is 45.2 Å². The molecule has 0 spiro atoms. The van der Waals surface area contributed by atoms with Crippen LogP contribution in [-0.4, -0.2) is 47.3 Å². The minimum Gasteiger partial charge on any atom is -0.507 e. The van der Waals surface area contributed by atoms with Crippen LogP contribution in [0, 0.1) is 6.92 Å². The number of hydrogen-bond acceptors (Lipinski definition) is 5. The Morgan fingerprint density at radius 2 is 1.73 bits per heavy atom. The van der Waals surface area contributed by atoms with Crippen molar-refractivity contribution in [2.24, 2.45) is 0 Å². The van der Waals surface area contributed by atoms with Gasteiger partial charge in [0.15, 0.2) is 0 Å². The van der Waals surface area contributed by atoms with Gasteiger partial charge in [0.05, 0.1) is 34.4 Å². The van der Waals surface area contributed by atoms with Crippen molar-refractivity contribution in [1.29, 1.82) is 0 Å². The Labute approximate surface area is 238 Å². The topological polar surface area (TPSA) is 135 Å². The second-order valence-corrected chi connectivity index (χ2v) is 11.5. The smallest absolute Gasteiger partial charge is 0.303 e. The predicted molar refractivity (Wildman–Crippen MR) is 163 cm³/mol. The third-order valence-corrected chi connectivity index (χ3v) is 9.11. The highest BCUT2D eigenvalue weighted by atomic mass is 16.4. The summed E-state index contributed by atoms with van der Waals surface area (Å²) in [5, 5.41) is 31.4. The molecule has 8 bridgehead atoms. The molecule has 5 N–H and O–H groups in total. The lowest BCUT2D eigenvalue weighted by Crippen LogP contribution is -2.06. The van der Waals surface area contributed by atoms with Gasteiger partial charge in [-0.2, -0.15) is 0 Å². The van der Waals surface area contributed by atoms with E-state index in [1.165, 1.54) is 0 Å². The van der Waals surface area contributed by atoms with E-state index in [0.29, 0.717) is 12.1 Å². The lowest BCUT2D eigenvalue weighted by molar-refractivity contribution is -0.137. The molecule has 0 radical (unpaired) electrons. The van der Waals surface area contributed by atoms with E-state index in [2.05, 4.69) is 30.7 Å². The molecule has 8 heteroatoms. The Balaban J connectivity index is 1.76. The van der Waals surface area contributed by atoms with E-state index in [1.807, 2.05) is 32.0 Å². The molecule has 212 valence electrons. The summed E-state index contributed by atoms with van der Waals surface area (Å²) in [6.07, 6.45) is 2.36. The van der Waals surface area contributed by atoms with E-state index in [9.17, 15) is 20.1 Å². The zero-order valence-electron chi connectivity index (χ0n) is 24.3. The third kappa shape index (κ3) is 4.20. The molecule has 2 aromatic rings. The number of carboxylic acids is 1. The number of aromatic amines is 2. The first-order valence-corrected chi connectivity index (χ1v) is 14.3. The molecule has 3 atom stereocenters. The number of rotatable bonds is 5. The molecule has 0 amide bonds. The van der Waals surface area contributed by atoms with Gasteiger partial charge < -0.3 is 25.3 Å². The van der Waals surface area contributed by atoms with Crippen LogP contribution in [0.3, 0.4) is 0 Å². The Bertz CT molecular complexity index is 1800. The molecule has 1 aliphatic carbocycles. The number of aromatic nitrogens is 4. The quantitative estimate of drug-likeness (QED) is 0.268. The highest BCUT2D eigenvalue weighted by Crippen LogP contribution is 2.46. The summed E-state index contributed by atoms with van der Waals surface area (Å²) >= 11 is 0. The second-order valence-electron chi connectivity index (χ2n) is 11.5. The minimum atomic E-state index is -0.839. The van der Waals surface area contributed by atoms with Crippen LogP contribution in [-0.2, 0) is 4.79 Å². The molecule has 0 fully saturated rings. The molecule has 0 aromatic carbocycles. The van der Waals surface area contributed by atoms with Crippen molar-refractivity contribution in [3.8, 4) is 0 Å². The normalized spacial score (nSPS) is 19.5. The SMILES string of the molecule is CCC1=C(C)c2cc3nc(cc4[nH]c(c5c6[nH]c(cc1n2)c(C)c6C(O)=C5)[C@@H](CCC(=O)O)[C@@H]4C)C(C)=C3[C@@H](C)O. The Morgan fingerprint density at radius 3 is 2.41 bits per heavy atom. The van der Waals surface area contributed by atoms with Crippen LogP contribution >= 0.6 is 0 Å². The summed E-state index contributed by atoms with van der Waals surface area (Å²) in [5.74, 6) is -0.757. The summed E-state index contributed by atoms with van der Waals surface area (Å²) in [6, 6.07) is 6.03. The third-order valence-electron chi connectivity index (χ3n) is 9.11. The zero-order valence-corrected chi connectivity index (χ0v) is 24.3. The average Bonchev–Trinajstić information content (AvgIpc) is 3.65. The number of aryl methyl sites for hydroxylation is 1. The van der Waals surface area contributed by atoms with Crippen molar-refractivity contribution in [3.05, 3.63) is 69.1 Å². The van der Waals surface area contributed by atoms with Gasteiger partial charge in [-0.05, 0) is 87.1 Å². The molecule has 3 aliphatic heterocycles. The van der Waals surface area contributed by atoms with Crippen molar-refractivity contribution < 1.29 is 20.1 Å². The number of allylic oxidation sites excluding steroid dienone is 3. The molecule has 5 heterocycles. The summed E-state index contributed by atoms with van der Waals surface area (Å²) in [6.45, 7) is 12.0. The molecule has 4 aliphatic rings. The standard InChI is InChI=1S/C33H36N4O4/c1-7-19-14(2)22-13-27-30(18(6)38)16(4)24(35-27)11-23-15(3)20(8-9-29(40)41)32(36-23)21-10-28(39)31-17(5)25(37-33(21)31)12-26(19)34-22/h10-13,15,18,20,36-39H,7-9H2,1-6H3,(H,40,41)/t15-,18+,20-/m0/s1. The summed E-state index contributed by atoms with van der Waals surface area (Å²) in [5.41, 5.74) is 13.1. The first kappa shape index (κ1) is 27.0. The van der Waals surface area contributed by atoms with E-state index < -0.39 is 12.1 Å². The van der Waals surface area contributed by atoms with Crippen LogP contribution in [0.5, 0.6) is 0 Å². The largest absolute Gasteiger partial charge is 0.507 e. The van der Waals surface area contributed by atoms with Crippen molar-refractivity contribution in [2.75, 3.05) is 0 Å². The van der Waals surface area contributed by atoms with Crippen LogP contribution in [0.2, 0.25) is 0 Å². The Kier molecular flexibility index (Phi) is 6.41. The van der Waals surface area contributed by atoms with Crippen LogP contribution in [0.4, 0.5) is 0 Å². The van der Waals surface area contributed by atoms with Gasteiger partial charge in [-0.25, -0.2) is 9.97 Å². The molecule has 8 nitrogen and oxygen atoms in total. The van der Waals surface area contributed by atoms with Crippen LogP contribution in [0.15, 0.2) is 18.2 Å². The lowest BCUT2D eigenvalue weighted by Gasteiger charge is -2.16. The number of carbonyl (C=O) groups is 1. The fourth-order valence-corrected chi connectivity index (χ4v) is 6.84. The van der Waals surface area contributed by atoms with Gasteiger partial charge in [-0.15, -0.1) is 0 Å². The van der Waals surface area contributed by atoms with E-state index in [-0.39, 0.29) is 24.0 Å². The van der Waals surface area contributed by atoms with Gasteiger partial charge in [0.2, 0.25) is 0 Å². The van der Waals surface area contributed by atoms with Gasteiger partial charge in [-0.3, -0.25) is 4.79 Å². The van der Waals surface area contributed by atoms with Crippen molar-refractivity contribution in [2.45, 2.75) is 78.7 Å². The zero-order chi connectivity index (χ0) is 29.3. The van der Waals surface area contributed by atoms with Gasteiger partial charge in [0.25, 0.3) is 0 Å². The van der Waals surface area contributed by atoms with E-state index in [0.717, 1.165) is 84.9 Å². The van der Waals surface area contributed by atoms with Crippen molar-refractivity contribution in [1.82, 2.24) is 19.9 Å². The monoisotopic (exact) mass is 552 g/mol. The van der Waals surface area contributed by atoms with Gasteiger partial charge in [-0.1, -0.05) is 13.8 Å². The molecule has 0 unspecified atom stereocenters. The number of carboxylic acid groups (broad SMARTS) is 1. The fraction of sp³-hybridized carbons (Fsp3) is 0.364. The van der Waals surface area contributed by atoms with Crippen LogP contribution < -0.4 is 0 Å². The molecular formula is C33H36N4O4. The maximum atomic E-state index is 11.6. The molecule has 0 saturated heterocycles. The first-order chi connectivity index (χ1) is 19.5. The summed E-state index contributed by atoms with van der Waals surface area (Å²) in [7, 11) is 0. The van der Waals surface area contributed by atoms with Crippen molar-refractivity contribution in [3.63, 3.8) is 0 Å². The fourth-order valence-electron chi connectivity index (χ4n) is 6.84. The summed E-state index contributed by atoms with van der Waals surface area (Å²) < 4.78 is 0. The first-order valence-electron chi connectivity index (χ1n) is 14.3. The van der Waals surface area contributed by atoms with Gasteiger partial charge in [0.1, 0.15) is 5.76 Å². The number of aliphatic carboxylic acids is 1. The average molecular weight is 553 g/mol. The highest BCUT2D eigenvalue weighted by molar-refractivity contribution is 6.02. The Morgan fingerprint density at radius 1 is 1.02 bits per heavy atom. The highest BCUT2D eigenvalue weighted by Gasteiger charge is 2.33. The lowest BCUT2D eigenvalue weighted by atomic mass is 9.86. The summed E-state index contributed by atoms with van der Waals surface area (Å²) in [4.78, 5) is 28.8. The van der Waals surface area contributed by atoms with E-state index >= 15 is 0 Å². The number of aliphatic hydroxyl groups excluding tert-OH is 2. The number of fused-ring (bicyclic) bond motifs is 8. The van der Waals surface area contributed by atoms with E-state index in [1.54, 1.807) is 13.0 Å². The Hall–Kier alpha value is -4.17. The van der Waals surface area contributed by atoms with Crippen LogP contribution in [0.1, 0.15) is 117 Å². The predicted octanol–water partition coefficient (Wildman–Crippen LogP) is 7.12. The molecule has 6 rings (SSSR count). The molecule has 41 heavy (non-hydrogen) atoms.